The standard InChI is InChI=1S/C19H17N5O6S/c1-8-21-22-19(31-8)20-13(25)7-11(12-4-5-14(30-12)24(28)29)23-17(26)15-9-2-3-10(6-9)16(15)18(23)27/h2-5,9-11,15-16H,6-7H2,1H3,(H,20,22,25). The zero-order valence-corrected chi connectivity index (χ0v) is 17.1. The summed E-state index contributed by atoms with van der Waals surface area (Å²) < 4.78 is 5.30. The number of carbonyl (C=O) groups is 3. The molecule has 0 radical (unpaired) electrons. The van der Waals surface area contributed by atoms with Gasteiger partial charge in [-0.1, -0.05) is 23.5 Å². The van der Waals surface area contributed by atoms with E-state index in [0.717, 1.165) is 17.4 Å². The molecule has 1 aliphatic heterocycles. The van der Waals surface area contributed by atoms with Crippen molar-refractivity contribution >= 4 is 40.1 Å². The lowest BCUT2D eigenvalue weighted by atomic mass is 9.85. The highest BCUT2D eigenvalue weighted by Gasteiger charge is 2.61. The molecule has 160 valence electrons. The van der Waals surface area contributed by atoms with E-state index in [1.165, 1.54) is 17.4 Å². The Balaban J connectivity index is 1.45. The molecule has 1 saturated carbocycles. The summed E-state index contributed by atoms with van der Waals surface area (Å²) in [6.45, 7) is 1.74. The van der Waals surface area contributed by atoms with Crippen molar-refractivity contribution in [3.05, 3.63) is 45.2 Å². The van der Waals surface area contributed by atoms with E-state index in [1.54, 1.807) is 6.92 Å². The number of carbonyl (C=O) groups excluding carboxylic acids is 3. The van der Waals surface area contributed by atoms with Gasteiger partial charge in [-0.25, -0.2) is 0 Å². The summed E-state index contributed by atoms with van der Waals surface area (Å²) in [7, 11) is 0. The fourth-order valence-corrected chi connectivity index (χ4v) is 5.47. The maximum Gasteiger partial charge on any atom is 0.433 e. The van der Waals surface area contributed by atoms with E-state index in [1.807, 2.05) is 12.2 Å². The molecule has 11 nitrogen and oxygen atoms in total. The highest BCUT2D eigenvalue weighted by atomic mass is 32.1. The zero-order chi connectivity index (χ0) is 21.9. The summed E-state index contributed by atoms with van der Waals surface area (Å²) in [5.41, 5.74) is 0. The third-order valence-electron chi connectivity index (χ3n) is 6.09. The fourth-order valence-electron chi connectivity index (χ4n) is 4.86. The lowest BCUT2D eigenvalue weighted by Gasteiger charge is -2.25. The Labute approximate surface area is 179 Å². The second-order valence-electron chi connectivity index (χ2n) is 7.87. The first kappa shape index (κ1) is 19.5. The van der Waals surface area contributed by atoms with Gasteiger partial charge in [0.05, 0.1) is 24.3 Å². The third kappa shape index (κ3) is 3.14. The van der Waals surface area contributed by atoms with Crippen LogP contribution in [0.4, 0.5) is 11.0 Å². The summed E-state index contributed by atoms with van der Waals surface area (Å²) in [5, 5.41) is 22.3. The molecular formula is C19H17N5O6S. The summed E-state index contributed by atoms with van der Waals surface area (Å²) in [6.07, 6.45) is 4.40. The van der Waals surface area contributed by atoms with Crippen molar-refractivity contribution < 1.29 is 23.7 Å². The number of allylic oxidation sites excluding steroid dienone is 2. The second kappa shape index (κ2) is 7.08. The summed E-state index contributed by atoms with van der Waals surface area (Å²) in [5.74, 6) is -2.67. The molecule has 0 aromatic carbocycles. The van der Waals surface area contributed by atoms with Crippen LogP contribution in [0.3, 0.4) is 0 Å². The molecule has 0 spiro atoms. The number of rotatable bonds is 6. The van der Waals surface area contributed by atoms with Crippen LogP contribution in [0.2, 0.25) is 0 Å². The van der Waals surface area contributed by atoms with Gasteiger partial charge < -0.3 is 9.73 Å². The number of nitrogens with zero attached hydrogens (tertiary/aromatic N) is 4. The number of fused-ring (bicyclic) bond motifs is 5. The van der Waals surface area contributed by atoms with Crippen LogP contribution in [0, 0.1) is 40.7 Å². The van der Waals surface area contributed by atoms with Crippen molar-refractivity contribution in [3.63, 3.8) is 0 Å². The molecule has 1 N–H and O–H groups in total. The van der Waals surface area contributed by atoms with E-state index in [-0.39, 0.29) is 41.0 Å². The smallest absolute Gasteiger partial charge is 0.404 e. The molecule has 2 aromatic rings. The summed E-state index contributed by atoms with van der Waals surface area (Å²) >= 11 is 1.18. The van der Waals surface area contributed by atoms with Gasteiger partial charge in [0, 0.05) is 0 Å². The molecular weight excluding hydrogens is 426 g/mol. The van der Waals surface area contributed by atoms with Crippen molar-refractivity contribution in [2.24, 2.45) is 23.7 Å². The van der Waals surface area contributed by atoms with Crippen molar-refractivity contribution in [2.75, 3.05) is 5.32 Å². The molecule has 5 unspecified atom stereocenters. The Morgan fingerprint density at radius 2 is 1.97 bits per heavy atom. The van der Waals surface area contributed by atoms with Crippen molar-refractivity contribution in [1.29, 1.82) is 0 Å². The van der Waals surface area contributed by atoms with Gasteiger partial charge in [-0.2, -0.15) is 0 Å². The molecule has 3 heterocycles. The van der Waals surface area contributed by atoms with Gasteiger partial charge in [-0.05, 0) is 31.2 Å². The maximum absolute atomic E-state index is 13.2. The number of nitrogens with one attached hydrogen (secondary N) is 1. The molecule has 3 aliphatic rings. The monoisotopic (exact) mass is 443 g/mol. The number of amides is 3. The Kier molecular flexibility index (Phi) is 4.46. The van der Waals surface area contributed by atoms with Crippen molar-refractivity contribution in [3.8, 4) is 0 Å². The van der Waals surface area contributed by atoms with Gasteiger partial charge in [0.15, 0.2) is 0 Å². The number of likely N-dealkylation sites (tertiary alicyclic amines) is 1. The molecule has 2 bridgehead atoms. The molecule has 2 aliphatic carbocycles. The Morgan fingerprint density at radius 1 is 1.29 bits per heavy atom. The second-order valence-corrected chi connectivity index (χ2v) is 9.06. The Morgan fingerprint density at radius 3 is 2.52 bits per heavy atom. The van der Waals surface area contributed by atoms with Gasteiger partial charge >= 0.3 is 5.88 Å². The summed E-state index contributed by atoms with van der Waals surface area (Å²) in [4.78, 5) is 50.6. The quantitative estimate of drug-likeness (QED) is 0.309. The third-order valence-corrected chi connectivity index (χ3v) is 6.84. The van der Waals surface area contributed by atoms with Crippen LogP contribution >= 0.6 is 11.3 Å². The van der Waals surface area contributed by atoms with Gasteiger partial charge in [-0.15, -0.1) is 10.2 Å². The number of nitro groups is 1. The number of aryl methyl sites for hydroxylation is 1. The van der Waals surface area contributed by atoms with Gasteiger partial charge in [-0.3, -0.25) is 29.4 Å². The number of furan rings is 1. The molecule has 5 atom stereocenters. The Bertz CT molecular complexity index is 1110. The topological polar surface area (TPSA) is 149 Å². The SMILES string of the molecule is Cc1nnc(NC(=O)CC(c2ccc([N+](=O)[O-])o2)N2C(=O)C3C4C=CC(C4)C3C2=O)s1. The van der Waals surface area contributed by atoms with E-state index in [4.69, 9.17) is 4.42 Å². The van der Waals surface area contributed by atoms with E-state index in [2.05, 4.69) is 15.5 Å². The lowest BCUT2D eigenvalue weighted by Crippen LogP contribution is -2.38. The van der Waals surface area contributed by atoms with Crippen molar-refractivity contribution in [1.82, 2.24) is 15.1 Å². The van der Waals surface area contributed by atoms with Gasteiger partial charge in [0.1, 0.15) is 21.7 Å². The summed E-state index contributed by atoms with van der Waals surface area (Å²) in [6, 6.07) is 1.38. The van der Waals surface area contributed by atoms with Crippen LogP contribution in [0.25, 0.3) is 0 Å². The number of hydrogen-bond acceptors (Lipinski definition) is 9. The van der Waals surface area contributed by atoms with Crippen LogP contribution in [0.5, 0.6) is 0 Å². The van der Waals surface area contributed by atoms with E-state index >= 15 is 0 Å². The minimum atomic E-state index is -1.09. The molecule has 12 heteroatoms. The maximum atomic E-state index is 13.2. The lowest BCUT2D eigenvalue weighted by molar-refractivity contribution is -0.402. The Hall–Kier alpha value is -3.41. The van der Waals surface area contributed by atoms with Gasteiger partial charge in [0.2, 0.25) is 22.9 Å². The minimum Gasteiger partial charge on any atom is -0.404 e. The van der Waals surface area contributed by atoms with Crippen molar-refractivity contribution in [2.45, 2.75) is 25.8 Å². The van der Waals surface area contributed by atoms with E-state index < -0.39 is 34.6 Å². The van der Waals surface area contributed by atoms with Gasteiger partial charge in [0.25, 0.3) is 0 Å². The molecule has 2 aromatic heterocycles. The number of imide groups is 1. The van der Waals surface area contributed by atoms with E-state index in [9.17, 15) is 24.5 Å². The largest absolute Gasteiger partial charge is 0.433 e. The molecule has 3 amide bonds. The molecule has 2 fully saturated rings. The number of hydrogen-bond donors (Lipinski definition) is 1. The predicted octanol–water partition coefficient (Wildman–Crippen LogP) is 2.22. The highest BCUT2D eigenvalue weighted by Crippen LogP contribution is 2.54. The highest BCUT2D eigenvalue weighted by molar-refractivity contribution is 7.15. The fraction of sp³-hybridized carbons (Fsp3) is 0.421. The van der Waals surface area contributed by atoms with Crippen LogP contribution in [0.15, 0.2) is 28.7 Å². The predicted molar refractivity (Wildman–Crippen MR) is 106 cm³/mol. The number of anilines is 1. The first-order chi connectivity index (χ1) is 14.8. The first-order valence-corrected chi connectivity index (χ1v) is 10.5. The minimum absolute atomic E-state index is 0.00114. The molecule has 1 saturated heterocycles. The van der Waals surface area contributed by atoms with Crippen LogP contribution < -0.4 is 5.32 Å². The van der Waals surface area contributed by atoms with Crippen LogP contribution in [-0.4, -0.2) is 37.7 Å². The van der Waals surface area contributed by atoms with Crippen LogP contribution in [0.1, 0.15) is 29.7 Å². The molecule has 31 heavy (non-hydrogen) atoms. The van der Waals surface area contributed by atoms with Crippen LogP contribution in [-0.2, 0) is 14.4 Å². The molecule has 5 rings (SSSR count). The zero-order valence-electron chi connectivity index (χ0n) is 16.3. The average molecular weight is 443 g/mol. The normalized spacial score (nSPS) is 27.1. The first-order valence-electron chi connectivity index (χ1n) is 9.73. The van der Waals surface area contributed by atoms with E-state index in [0.29, 0.717) is 5.01 Å². The number of aromatic nitrogens is 2. The average Bonchev–Trinajstić information content (AvgIpc) is 3.51.